The highest BCUT2D eigenvalue weighted by Gasteiger charge is 2.28. The predicted molar refractivity (Wildman–Crippen MR) is 113 cm³/mol. The van der Waals surface area contributed by atoms with Gasteiger partial charge in [-0.2, -0.15) is 0 Å². The van der Waals surface area contributed by atoms with Crippen molar-refractivity contribution in [1.82, 2.24) is 4.98 Å². The van der Waals surface area contributed by atoms with Crippen LogP contribution < -0.4 is 10.0 Å². The summed E-state index contributed by atoms with van der Waals surface area (Å²) in [6.07, 6.45) is 2.19. The predicted octanol–water partition coefficient (Wildman–Crippen LogP) is 3.35. The fourth-order valence-electron chi connectivity index (χ4n) is 3.80. The molecule has 5 rings (SSSR count). The molecule has 7 nitrogen and oxygen atoms in total. The molecule has 0 aliphatic carbocycles. The van der Waals surface area contributed by atoms with E-state index in [1.807, 2.05) is 24.3 Å². The van der Waals surface area contributed by atoms with Gasteiger partial charge in [0.15, 0.2) is 5.76 Å². The molecule has 4 aromatic rings. The number of hydrogen-bond donors (Lipinski definition) is 1. The lowest BCUT2D eigenvalue weighted by molar-refractivity contribution is 0.0991. The molecular weight excluding hydrogens is 402 g/mol. The molecule has 2 aromatic carbocycles. The summed E-state index contributed by atoms with van der Waals surface area (Å²) >= 11 is 0. The Labute approximate surface area is 172 Å². The van der Waals surface area contributed by atoms with E-state index >= 15 is 0 Å². The normalized spacial score (nSPS) is 13.6. The number of aromatic nitrogens is 1. The van der Waals surface area contributed by atoms with Crippen molar-refractivity contribution >= 4 is 32.5 Å². The first-order chi connectivity index (χ1) is 14.4. The first-order valence-electron chi connectivity index (χ1n) is 9.33. The molecule has 1 aliphatic heterocycles. The molecule has 0 fully saturated rings. The number of carbonyl (C=O) groups is 1. The zero-order valence-corrected chi connectivity index (χ0v) is 16.6. The standard InChI is InChI=1S/C22H17N3O4S/c23-30(27,28)15-8-7-14-9-10-25(20(14)12-15)22(26)17-13-19(21-6-3-11-29-21)24-18-5-2-1-4-16(17)18/h1-8,11-13H,9-10H2,(H2,23,27,28). The summed E-state index contributed by atoms with van der Waals surface area (Å²) in [5, 5.41) is 6.00. The molecule has 0 bridgehead atoms. The summed E-state index contributed by atoms with van der Waals surface area (Å²) in [6, 6.07) is 17.3. The van der Waals surface area contributed by atoms with E-state index in [0.717, 1.165) is 5.56 Å². The molecule has 0 saturated heterocycles. The molecule has 0 radical (unpaired) electrons. The minimum atomic E-state index is -3.87. The maximum Gasteiger partial charge on any atom is 0.259 e. The van der Waals surface area contributed by atoms with Crippen LogP contribution in [0.4, 0.5) is 5.69 Å². The number of anilines is 1. The average molecular weight is 419 g/mol. The molecule has 1 aliphatic rings. The fraction of sp³-hybridized carbons (Fsp3) is 0.0909. The van der Waals surface area contributed by atoms with E-state index in [0.29, 0.717) is 46.6 Å². The van der Waals surface area contributed by atoms with E-state index < -0.39 is 10.0 Å². The Kier molecular flexibility index (Phi) is 4.19. The fourth-order valence-corrected chi connectivity index (χ4v) is 4.33. The topological polar surface area (TPSA) is 106 Å². The third-order valence-electron chi connectivity index (χ3n) is 5.25. The summed E-state index contributed by atoms with van der Waals surface area (Å²) in [7, 11) is -3.87. The van der Waals surface area contributed by atoms with Crippen molar-refractivity contribution < 1.29 is 17.6 Å². The largest absolute Gasteiger partial charge is 0.463 e. The molecule has 0 saturated carbocycles. The van der Waals surface area contributed by atoms with Crippen LogP contribution in [0.1, 0.15) is 15.9 Å². The number of amides is 1. The molecule has 30 heavy (non-hydrogen) atoms. The van der Waals surface area contributed by atoms with E-state index in [-0.39, 0.29) is 10.8 Å². The van der Waals surface area contributed by atoms with Gasteiger partial charge in [-0.3, -0.25) is 4.79 Å². The number of pyridine rings is 1. The molecule has 8 heteroatoms. The first-order valence-corrected chi connectivity index (χ1v) is 10.9. The summed E-state index contributed by atoms with van der Waals surface area (Å²) in [5.74, 6) is 0.333. The zero-order chi connectivity index (χ0) is 20.9. The van der Waals surface area contributed by atoms with Crippen molar-refractivity contribution in [3.8, 4) is 11.5 Å². The maximum atomic E-state index is 13.6. The number of rotatable bonds is 3. The Balaban J connectivity index is 1.65. The summed E-state index contributed by atoms with van der Waals surface area (Å²) in [5.41, 5.74) is 3.17. The Morgan fingerprint density at radius 2 is 1.90 bits per heavy atom. The second-order valence-electron chi connectivity index (χ2n) is 7.09. The Hall–Kier alpha value is -3.49. The first kappa shape index (κ1) is 18.5. The van der Waals surface area contributed by atoms with E-state index in [1.165, 1.54) is 12.1 Å². The van der Waals surface area contributed by atoms with Crippen molar-refractivity contribution in [2.75, 3.05) is 11.4 Å². The number of nitrogens with two attached hydrogens (primary N) is 1. The van der Waals surface area contributed by atoms with Gasteiger partial charge in [-0.1, -0.05) is 24.3 Å². The van der Waals surface area contributed by atoms with Gasteiger partial charge in [-0.15, -0.1) is 0 Å². The molecular formula is C22H17N3O4S. The second-order valence-corrected chi connectivity index (χ2v) is 8.65. The van der Waals surface area contributed by atoms with Crippen molar-refractivity contribution in [3.63, 3.8) is 0 Å². The highest BCUT2D eigenvalue weighted by atomic mass is 32.2. The molecule has 150 valence electrons. The number of furan rings is 1. The number of fused-ring (bicyclic) bond motifs is 2. The summed E-state index contributed by atoms with van der Waals surface area (Å²) in [6.45, 7) is 0.453. The molecule has 0 spiro atoms. The quantitative estimate of drug-likeness (QED) is 0.548. The molecule has 3 heterocycles. The van der Waals surface area contributed by atoms with Crippen LogP contribution in [0.3, 0.4) is 0 Å². The monoisotopic (exact) mass is 419 g/mol. The third kappa shape index (κ3) is 3.06. The van der Waals surface area contributed by atoms with E-state index in [4.69, 9.17) is 9.56 Å². The molecule has 2 aromatic heterocycles. The molecule has 2 N–H and O–H groups in total. The molecule has 0 atom stereocenters. The van der Waals surface area contributed by atoms with Gasteiger partial charge < -0.3 is 9.32 Å². The molecule has 1 amide bonds. The molecule has 0 unspecified atom stereocenters. The van der Waals surface area contributed by atoms with Gasteiger partial charge in [-0.25, -0.2) is 18.5 Å². The highest BCUT2D eigenvalue weighted by molar-refractivity contribution is 7.89. The van der Waals surface area contributed by atoms with Crippen LogP contribution in [0.25, 0.3) is 22.4 Å². The minimum absolute atomic E-state index is 0.0168. The second kappa shape index (κ2) is 6.79. The van der Waals surface area contributed by atoms with Crippen molar-refractivity contribution in [2.24, 2.45) is 5.14 Å². The number of carbonyl (C=O) groups excluding carboxylic acids is 1. The zero-order valence-electron chi connectivity index (χ0n) is 15.8. The van der Waals surface area contributed by atoms with Crippen LogP contribution in [0.2, 0.25) is 0 Å². The van der Waals surface area contributed by atoms with E-state index in [9.17, 15) is 13.2 Å². The average Bonchev–Trinajstić information content (AvgIpc) is 3.41. The Morgan fingerprint density at radius 3 is 2.67 bits per heavy atom. The van der Waals surface area contributed by atoms with Crippen LogP contribution in [0.5, 0.6) is 0 Å². The maximum absolute atomic E-state index is 13.6. The number of hydrogen-bond acceptors (Lipinski definition) is 5. The smallest absolute Gasteiger partial charge is 0.259 e. The number of benzene rings is 2. The summed E-state index contributed by atoms with van der Waals surface area (Å²) < 4.78 is 29.0. The number of sulfonamides is 1. The van der Waals surface area contributed by atoms with E-state index in [1.54, 1.807) is 35.4 Å². The van der Waals surface area contributed by atoms with Crippen molar-refractivity contribution in [1.29, 1.82) is 0 Å². The van der Waals surface area contributed by atoms with Gasteiger partial charge in [0.2, 0.25) is 10.0 Å². The lowest BCUT2D eigenvalue weighted by Crippen LogP contribution is -2.29. The van der Waals surface area contributed by atoms with E-state index in [2.05, 4.69) is 4.98 Å². The number of primary sulfonamides is 1. The number of para-hydroxylation sites is 1. The van der Waals surface area contributed by atoms with Gasteiger partial charge in [0, 0.05) is 17.6 Å². The van der Waals surface area contributed by atoms with Crippen LogP contribution in [0, 0.1) is 0 Å². The summed E-state index contributed by atoms with van der Waals surface area (Å²) in [4.78, 5) is 19.8. The van der Waals surface area contributed by atoms with Gasteiger partial charge in [0.1, 0.15) is 5.69 Å². The van der Waals surface area contributed by atoms with Crippen LogP contribution in [-0.2, 0) is 16.4 Å². The van der Waals surface area contributed by atoms with Gasteiger partial charge in [0.25, 0.3) is 5.91 Å². The van der Waals surface area contributed by atoms with Crippen LogP contribution >= 0.6 is 0 Å². The lowest BCUT2D eigenvalue weighted by atomic mass is 10.1. The SMILES string of the molecule is NS(=O)(=O)c1ccc2c(c1)N(C(=O)c1cc(-c3ccco3)nc3ccccc13)CC2. The third-order valence-corrected chi connectivity index (χ3v) is 6.16. The van der Waals surface area contributed by atoms with Crippen molar-refractivity contribution in [3.05, 3.63) is 78.1 Å². The van der Waals surface area contributed by atoms with Gasteiger partial charge >= 0.3 is 0 Å². The minimum Gasteiger partial charge on any atom is -0.463 e. The Bertz CT molecular complexity index is 1400. The Morgan fingerprint density at radius 1 is 1.07 bits per heavy atom. The van der Waals surface area contributed by atoms with Gasteiger partial charge in [-0.05, 0) is 48.4 Å². The number of nitrogens with zero attached hydrogens (tertiary/aromatic N) is 2. The van der Waals surface area contributed by atoms with Crippen molar-refractivity contribution in [2.45, 2.75) is 11.3 Å². The highest BCUT2D eigenvalue weighted by Crippen LogP contribution is 2.33. The van der Waals surface area contributed by atoms with Crippen LogP contribution in [-0.4, -0.2) is 25.9 Å². The lowest BCUT2D eigenvalue weighted by Gasteiger charge is -2.19. The van der Waals surface area contributed by atoms with Gasteiger partial charge in [0.05, 0.1) is 22.2 Å². The van der Waals surface area contributed by atoms with Crippen LogP contribution in [0.15, 0.2) is 76.2 Å².